The Labute approximate surface area is 115 Å². The lowest BCUT2D eigenvalue weighted by atomic mass is 10.1. The molecule has 1 unspecified atom stereocenters. The van der Waals surface area contributed by atoms with Crippen LogP contribution in [0.4, 0.5) is 17.3 Å². The lowest BCUT2D eigenvalue weighted by molar-refractivity contribution is -0.384. The molecule has 20 heavy (non-hydrogen) atoms. The summed E-state index contributed by atoms with van der Waals surface area (Å²) >= 11 is 0. The molecule has 1 aromatic rings. The summed E-state index contributed by atoms with van der Waals surface area (Å²) in [6, 6.07) is 2.68. The van der Waals surface area contributed by atoms with Crippen LogP contribution < -0.4 is 16.6 Å². The molecule has 1 fully saturated rings. The maximum atomic E-state index is 11.3. The summed E-state index contributed by atoms with van der Waals surface area (Å²) in [5, 5.41) is 13.7. The van der Waals surface area contributed by atoms with E-state index in [1.165, 1.54) is 12.1 Å². The number of hydrogen-bond acceptors (Lipinski definition) is 8. The van der Waals surface area contributed by atoms with E-state index in [-0.39, 0.29) is 34.7 Å². The molecule has 9 nitrogen and oxygen atoms in total. The van der Waals surface area contributed by atoms with Crippen molar-refractivity contribution in [1.82, 2.24) is 4.98 Å². The van der Waals surface area contributed by atoms with Crippen LogP contribution in [0.3, 0.4) is 0 Å². The molecular formula is C10H15N5O4S. The molecule has 1 aliphatic heterocycles. The van der Waals surface area contributed by atoms with Gasteiger partial charge in [-0.2, -0.15) is 0 Å². The fourth-order valence-electron chi connectivity index (χ4n) is 2.08. The average Bonchev–Trinajstić information content (AvgIpc) is 2.75. The zero-order valence-electron chi connectivity index (χ0n) is 10.6. The minimum absolute atomic E-state index is 0.0594. The van der Waals surface area contributed by atoms with Crippen LogP contribution in [0.1, 0.15) is 6.42 Å². The van der Waals surface area contributed by atoms with Crippen molar-refractivity contribution in [3.05, 3.63) is 22.2 Å². The Bertz CT molecular complexity index is 618. The highest BCUT2D eigenvalue weighted by Crippen LogP contribution is 2.25. The summed E-state index contributed by atoms with van der Waals surface area (Å²) in [4.78, 5) is 14.3. The van der Waals surface area contributed by atoms with Gasteiger partial charge in [0.05, 0.1) is 16.4 Å². The normalized spacial score (nSPS) is 20.6. The number of aromatic nitrogens is 1. The number of hydrogen-bond donors (Lipinski definition) is 3. The van der Waals surface area contributed by atoms with Crippen molar-refractivity contribution in [2.24, 2.45) is 11.8 Å². The fourth-order valence-corrected chi connectivity index (χ4v) is 3.95. The van der Waals surface area contributed by atoms with Gasteiger partial charge in [0, 0.05) is 12.6 Å². The van der Waals surface area contributed by atoms with Crippen LogP contribution in [-0.2, 0) is 9.84 Å². The standard InChI is InChI=1S/C10H15N5O4S/c11-14-9-2-1-8(15(16)17)10(13-9)12-5-7-3-4-20(18,19)6-7/h1-2,7H,3-6,11H2,(H2,12,13,14). The highest BCUT2D eigenvalue weighted by molar-refractivity contribution is 7.91. The van der Waals surface area contributed by atoms with Gasteiger partial charge in [0.1, 0.15) is 5.82 Å². The van der Waals surface area contributed by atoms with Gasteiger partial charge >= 0.3 is 5.69 Å². The van der Waals surface area contributed by atoms with Crippen LogP contribution in [0.15, 0.2) is 12.1 Å². The Morgan fingerprint density at radius 2 is 2.25 bits per heavy atom. The van der Waals surface area contributed by atoms with Crippen molar-refractivity contribution in [1.29, 1.82) is 0 Å². The highest BCUT2D eigenvalue weighted by atomic mass is 32.2. The van der Waals surface area contributed by atoms with Gasteiger partial charge in [0.2, 0.25) is 5.82 Å². The van der Waals surface area contributed by atoms with Crippen LogP contribution in [0.25, 0.3) is 0 Å². The number of nitrogens with one attached hydrogen (secondary N) is 2. The quantitative estimate of drug-likeness (QED) is 0.396. The number of nitrogens with zero attached hydrogens (tertiary/aromatic N) is 2. The average molecular weight is 301 g/mol. The Hall–Kier alpha value is -1.94. The first-order chi connectivity index (χ1) is 9.41. The molecule has 0 saturated carbocycles. The molecule has 0 spiro atoms. The smallest absolute Gasteiger partial charge is 0.311 e. The molecule has 0 aliphatic carbocycles. The van der Waals surface area contributed by atoms with Crippen LogP contribution >= 0.6 is 0 Å². The van der Waals surface area contributed by atoms with Gasteiger partial charge in [0.15, 0.2) is 9.84 Å². The SMILES string of the molecule is NNc1ccc([N+](=O)[O-])c(NCC2CCS(=O)(=O)C2)n1. The van der Waals surface area contributed by atoms with Crippen LogP contribution in [0.5, 0.6) is 0 Å². The number of pyridine rings is 1. The topological polar surface area (TPSA) is 140 Å². The van der Waals surface area contributed by atoms with Gasteiger partial charge in [-0.3, -0.25) is 10.1 Å². The summed E-state index contributed by atoms with van der Waals surface area (Å²) in [6.45, 7) is 0.321. The maximum absolute atomic E-state index is 11.3. The monoisotopic (exact) mass is 301 g/mol. The molecule has 10 heteroatoms. The molecule has 110 valence electrons. The lowest BCUT2D eigenvalue weighted by Crippen LogP contribution is -2.18. The highest BCUT2D eigenvalue weighted by Gasteiger charge is 2.28. The van der Waals surface area contributed by atoms with Crippen molar-refractivity contribution >= 4 is 27.2 Å². The van der Waals surface area contributed by atoms with E-state index in [0.717, 1.165) is 0 Å². The van der Waals surface area contributed by atoms with E-state index in [1.54, 1.807) is 0 Å². The molecule has 0 bridgehead atoms. The summed E-state index contributed by atoms with van der Waals surface area (Å²) in [7, 11) is -2.97. The summed E-state index contributed by atoms with van der Waals surface area (Å²) in [5.74, 6) is 5.78. The summed E-state index contributed by atoms with van der Waals surface area (Å²) < 4.78 is 22.7. The van der Waals surface area contributed by atoms with Crippen LogP contribution in [-0.4, -0.2) is 36.4 Å². The van der Waals surface area contributed by atoms with Crippen molar-refractivity contribution in [2.75, 3.05) is 28.8 Å². The molecule has 1 saturated heterocycles. The molecular weight excluding hydrogens is 286 g/mol. The number of nitrogens with two attached hydrogens (primary N) is 1. The predicted molar refractivity (Wildman–Crippen MR) is 74.0 cm³/mol. The zero-order chi connectivity index (χ0) is 14.8. The van der Waals surface area contributed by atoms with Crippen molar-refractivity contribution in [3.63, 3.8) is 0 Å². The molecule has 2 rings (SSSR count). The largest absolute Gasteiger partial charge is 0.364 e. The van der Waals surface area contributed by atoms with Crippen molar-refractivity contribution in [3.8, 4) is 0 Å². The first-order valence-corrected chi connectivity index (χ1v) is 7.80. The molecule has 2 heterocycles. The van der Waals surface area contributed by atoms with E-state index in [1.807, 2.05) is 0 Å². The Balaban J connectivity index is 2.10. The van der Waals surface area contributed by atoms with E-state index in [0.29, 0.717) is 13.0 Å². The third-order valence-corrected chi connectivity index (χ3v) is 4.94. The fraction of sp³-hybridized carbons (Fsp3) is 0.500. The van der Waals surface area contributed by atoms with Crippen molar-refractivity contribution in [2.45, 2.75) is 6.42 Å². The number of sulfone groups is 1. The first kappa shape index (κ1) is 14.5. The minimum Gasteiger partial charge on any atom is -0.364 e. The van der Waals surface area contributed by atoms with E-state index >= 15 is 0 Å². The number of hydrazine groups is 1. The zero-order valence-corrected chi connectivity index (χ0v) is 11.4. The second-order valence-electron chi connectivity index (χ2n) is 4.62. The number of anilines is 2. The second kappa shape index (κ2) is 5.59. The van der Waals surface area contributed by atoms with Gasteiger partial charge in [-0.25, -0.2) is 19.2 Å². The second-order valence-corrected chi connectivity index (χ2v) is 6.84. The summed E-state index contributed by atoms with van der Waals surface area (Å²) in [6.07, 6.45) is 0.554. The third kappa shape index (κ3) is 3.33. The lowest BCUT2D eigenvalue weighted by Gasteiger charge is -2.11. The molecule has 1 atom stereocenters. The van der Waals surface area contributed by atoms with Gasteiger partial charge in [-0.05, 0) is 18.4 Å². The molecule has 4 N–H and O–H groups in total. The van der Waals surface area contributed by atoms with Gasteiger partial charge in [-0.1, -0.05) is 0 Å². The van der Waals surface area contributed by atoms with E-state index in [9.17, 15) is 18.5 Å². The first-order valence-electron chi connectivity index (χ1n) is 5.97. The van der Waals surface area contributed by atoms with E-state index < -0.39 is 14.8 Å². The van der Waals surface area contributed by atoms with E-state index in [2.05, 4.69) is 15.7 Å². The van der Waals surface area contributed by atoms with Crippen LogP contribution in [0, 0.1) is 16.0 Å². The minimum atomic E-state index is -2.97. The molecule has 0 amide bonds. The molecule has 1 aliphatic rings. The Kier molecular flexibility index (Phi) is 4.04. The predicted octanol–water partition coefficient (Wildman–Crippen LogP) is 0.122. The Morgan fingerprint density at radius 1 is 1.50 bits per heavy atom. The molecule has 1 aromatic heterocycles. The van der Waals surface area contributed by atoms with Gasteiger partial charge in [-0.15, -0.1) is 0 Å². The van der Waals surface area contributed by atoms with Crippen LogP contribution in [0.2, 0.25) is 0 Å². The van der Waals surface area contributed by atoms with E-state index in [4.69, 9.17) is 5.84 Å². The van der Waals surface area contributed by atoms with Gasteiger partial charge in [0.25, 0.3) is 0 Å². The molecule has 0 radical (unpaired) electrons. The molecule has 0 aromatic carbocycles. The van der Waals surface area contributed by atoms with Crippen molar-refractivity contribution < 1.29 is 13.3 Å². The maximum Gasteiger partial charge on any atom is 0.311 e. The Morgan fingerprint density at radius 3 is 2.80 bits per heavy atom. The number of nitrogen functional groups attached to an aromatic ring is 1. The third-order valence-electron chi connectivity index (χ3n) is 3.10. The number of nitro groups is 1. The summed E-state index contributed by atoms with van der Waals surface area (Å²) in [5.41, 5.74) is 2.13. The number of rotatable bonds is 5. The van der Waals surface area contributed by atoms with Gasteiger partial charge < -0.3 is 10.7 Å².